The van der Waals surface area contributed by atoms with Crippen LogP contribution in [0.3, 0.4) is 0 Å². The summed E-state index contributed by atoms with van der Waals surface area (Å²) in [6.45, 7) is 1.99. The van der Waals surface area contributed by atoms with Crippen LogP contribution in [0.5, 0.6) is 5.75 Å². The van der Waals surface area contributed by atoms with Gasteiger partial charge in [-0.05, 0) is 56.7 Å². The van der Waals surface area contributed by atoms with Gasteiger partial charge in [0.2, 0.25) is 0 Å². The summed E-state index contributed by atoms with van der Waals surface area (Å²) in [4.78, 5) is 0. The lowest BCUT2D eigenvalue weighted by Crippen LogP contribution is -2.22. The van der Waals surface area contributed by atoms with Gasteiger partial charge in [-0.1, -0.05) is 50.7 Å². The molecule has 2 fully saturated rings. The molecule has 6 heteroatoms. The Morgan fingerprint density at radius 1 is 0.929 bits per heavy atom. The number of hydrogen-bond donors (Lipinski definition) is 1. The fraction of sp³-hybridized carbons (Fsp3) is 0.727. The minimum atomic E-state index is -3.30. The molecule has 0 aromatic heterocycles. The van der Waals surface area contributed by atoms with Gasteiger partial charge >= 0.3 is 7.60 Å². The summed E-state index contributed by atoms with van der Waals surface area (Å²) in [7, 11) is -3.30. The van der Waals surface area contributed by atoms with Gasteiger partial charge in [-0.3, -0.25) is 4.57 Å². The third-order valence-corrected chi connectivity index (χ3v) is 7.28. The van der Waals surface area contributed by atoms with Crippen LogP contribution < -0.4 is 10.5 Å². The van der Waals surface area contributed by atoms with Crippen molar-refractivity contribution >= 4 is 7.60 Å². The van der Waals surface area contributed by atoms with E-state index >= 15 is 0 Å². The minimum Gasteiger partial charge on any atom is -0.481 e. The number of ether oxygens (including phenoxy) is 1. The van der Waals surface area contributed by atoms with E-state index in [9.17, 15) is 4.57 Å². The lowest BCUT2D eigenvalue weighted by Gasteiger charge is -2.31. The summed E-state index contributed by atoms with van der Waals surface area (Å²) in [5.74, 6) is 0.688. The van der Waals surface area contributed by atoms with Crippen molar-refractivity contribution in [2.45, 2.75) is 95.8 Å². The third kappa shape index (κ3) is 7.18. The molecule has 2 aliphatic carbocycles. The number of hydrogen-bond acceptors (Lipinski definition) is 5. The highest BCUT2D eigenvalue weighted by Gasteiger charge is 2.34. The average molecular weight is 410 g/mol. The van der Waals surface area contributed by atoms with Crippen LogP contribution in [0.25, 0.3) is 0 Å². The van der Waals surface area contributed by atoms with E-state index in [4.69, 9.17) is 19.5 Å². The monoisotopic (exact) mass is 409 g/mol. The van der Waals surface area contributed by atoms with E-state index in [-0.39, 0.29) is 24.6 Å². The molecule has 0 heterocycles. The first-order chi connectivity index (χ1) is 13.5. The standard InChI is InChI=1S/C22H36NO4P/c1-18(23)16-19-12-14-20(15-13-19)25-17-28(24,26-21-8-4-2-5-9-21)27-22-10-6-3-7-11-22/h12-15,18,21-22H,2-11,16-17,23H2,1H3/t18-/m1/s1. The van der Waals surface area contributed by atoms with E-state index in [1.54, 1.807) is 0 Å². The molecule has 0 saturated heterocycles. The van der Waals surface area contributed by atoms with E-state index < -0.39 is 7.60 Å². The SMILES string of the molecule is C[C@@H](N)Cc1ccc(OCP(=O)(OC2CCCCC2)OC2CCCCC2)cc1. The lowest BCUT2D eigenvalue weighted by atomic mass is 9.98. The minimum absolute atomic E-state index is 0.0212. The Morgan fingerprint density at radius 2 is 1.43 bits per heavy atom. The second-order valence-corrected chi connectivity index (χ2v) is 10.3. The molecule has 3 rings (SSSR count). The molecular formula is C22H36NO4P. The van der Waals surface area contributed by atoms with Gasteiger partial charge in [0.05, 0.1) is 12.2 Å². The van der Waals surface area contributed by atoms with Gasteiger partial charge in [0, 0.05) is 6.04 Å². The molecule has 2 N–H and O–H groups in total. The van der Waals surface area contributed by atoms with Crippen LogP contribution in [-0.2, 0) is 20.0 Å². The molecule has 1 aromatic rings. The molecule has 0 radical (unpaired) electrons. The molecule has 0 unspecified atom stereocenters. The maximum absolute atomic E-state index is 13.5. The number of rotatable bonds is 9. The Morgan fingerprint density at radius 3 is 1.89 bits per heavy atom. The van der Waals surface area contributed by atoms with E-state index in [0.717, 1.165) is 57.8 Å². The zero-order valence-electron chi connectivity index (χ0n) is 17.2. The van der Waals surface area contributed by atoms with E-state index in [1.165, 1.54) is 18.4 Å². The molecule has 0 amide bonds. The van der Waals surface area contributed by atoms with Gasteiger partial charge in [0.25, 0.3) is 0 Å². The topological polar surface area (TPSA) is 70.8 Å². The van der Waals surface area contributed by atoms with Gasteiger partial charge in [0.1, 0.15) is 5.75 Å². The van der Waals surface area contributed by atoms with Crippen LogP contribution in [0, 0.1) is 0 Å². The smallest absolute Gasteiger partial charge is 0.368 e. The molecule has 0 bridgehead atoms. The summed E-state index contributed by atoms with van der Waals surface area (Å²) >= 11 is 0. The molecule has 0 spiro atoms. The second-order valence-electron chi connectivity index (χ2n) is 8.44. The van der Waals surface area contributed by atoms with Gasteiger partial charge in [0.15, 0.2) is 6.35 Å². The van der Waals surface area contributed by atoms with Crippen molar-refractivity contribution in [3.05, 3.63) is 29.8 Å². The summed E-state index contributed by atoms with van der Waals surface area (Å²) < 4.78 is 31.6. The van der Waals surface area contributed by atoms with Crippen molar-refractivity contribution in [2.24, 2.45) is 5.73 Å². The molecular weight excluding hydrogens is 373 g/mol. The summed E-state index contributed by atoms with van der Waals surface area (Å²) in [6, 6.07) is 7.95. The Bertz CT molecular complexity index is 598. The van der Waals surface area contributed by atoms with Crippen LogP contribution >= 0.6 is 7.60 Å². The van der Waals surface area contributed by atoms with Crippen LogP contribution in [0.1, 0.15) is 76.7 Å². The Balaban J connectivity index is 1.61. The summed E-state index contributed by atoms with van der Waals surface area (Å²) in [5, 5.41) is 0. The van der Waals surface area contributed by atoms with Crippen LogP contribution in [-0.4, -0.2) is 24.6 Å². The molecule has 1 aromatic carbocycles. The third-order valence-electron chi connectivity index (χ3n) is 5.59. The van der Waals surface area contributed by atoms with Crippen molar-refractivity contribution in [1.82, 2.24) is 0 Å². The molecule has 0 aliphatic heterocycles. The van der Waals surface area contributed by atoms with E-state index in [1.807, 2.05) is 31.2 Å². The highest BCUT2D eigenvalue weighted by Crippen LogP contribution is 2.53. The zero-order valence-corrected chi connectivity index (χ0v) is 18.1. The van der Waals surface area contributed by atoms with Gasteiger partial charge in [-0.25, -0.2) is 0 Å². The predicted molar refractivity (Wildman–Crippen MR) is 113 cm³/mol. The van der Waals surface area contributed by atoms with Crippen LogP contribution in [0.4, 0.5) is 0 Å². The van der Waals surface area contributed by atoms with E-state index in [2.05, 4.69) is 0 Å². The Labute approximate surface area is 169 Å². The molecule has 2 saturated carbocycles. The molecule has 1 atom stereocenters. The number of nitrogens with two attached hydrogens (primary N) is 1. The summed E-state index contributed by atoms with van der Waals surface area (Å²) in [6.07, 6.45) is 11.7. The fourth-order valence-electron chi connectivity index (χ4n) is 4.13. The van der Waals surface area contributed by atoms with Crippen molar-refractivity contribution in [1.29, 1.82) is 0 Å². The highest BCUT2D eigenvalue weighted by molar-refractivity contribution is 7.53. The van der Waals surface area contributed by atoms with Crippen LogP contribution in [0.15, 0.2) is 24.3 Å². The molecule has 2 aliphatic rings. The quantitative estimate of drug-likeness (QED) is 0.522. The summed E-state index contributed by atoms with van der Waals surface area (Å²) in [5.41, 5.74) is 7.02. The molecule has 158 valence electrons. The van der Waals surface area contributed by atoms with Gasteiger partial charge in [-0.2, -0.15) is 0 Å². The Kier molecular flexibility index (Phi) is 8.40. The maximum Gasteiger partial charge on any atom is 0.368 e. The largest absolute Gasteiger partial charge is 0.481 e. The normalized spacial score (nSPS) is 20.8. The van der Waals surface area contributed by atoms with Gasteiger partial charge in [-0.15, -0.1) is 0 Å². The predicted octanol–water partition coefficient (Wildman–Crippen LogP) is 5.80. The number of benzene rings is 1. The first-order valence-electron chi connectivity index (χ1n) is 11.0. The van der Waals surface area contributed by atoms with Crippen molar-refractivity contribution < 1.29 is 18.3 Å². The first kappa shape index (κ1) is 21.8. The van der Waals surface area contributed by atoms with Crippen LogP contribution in [0.2, 0.25) is 0 Å². The lowest BCUT2D eigenvalue weighted by molar-refractivity contribution is 0.0711. The molecule has 5 nitrogen and oxygen atoms in total. The van der Waals surface area contributed by atoms with Crippen molar-refractivity contribution in [3.63, 3.8) is 0 Å². The zero-order chi connectivity index (χ0) is 19.8. The Hall–Kier alpha value is -0.870. The highest BCUT2D eigenvalue weighted by atomic mass is 31.2. The van der Waals surface area contributed by atoms with Crippen molar-refractivity contribution in [3.8, 4) is 5.75 Å². The second kappa shape index (κ2) is 10.8. The fourth-order valence-corrected chi connectivity index (χ4v) is 5.94. The van der Waals surface area contributed by atoms with Gasteiger partial charge < -0.3 is 19.5 Å². The van der Waals surface area contributed by atoms with E-state index in [0.29, 0.717) is 5.75 Å². The first-order valence-corrected chi connectivity index (χ1v) is 12.7. The maximum atomic E-state index is 13.5. The average Bonchev–Trinajstić information content (AvgIpc) is 2.68. The van der Waals surface area contributed by atoms with Crippen molar-refractivity contribution in [2.75, 3.05) is 6.35 Å². The molecule has 28 heavy (non-hydrogen) atoms.